The summed E-state index contributed by atoms with van der Waals surface area (Å²) in [6.45, 7) is 6.57. The zero-order valence-corrected chi connectivity index (χ0v) is 14.3. The van der Waals surface area contributed by atoms with Gasteiger partial charge >= 0.3 is 0 Å². The highest BCUT2D eigenvalue weighted by Crippen LogP contribution is 2.32. The second kappa shape index (κ2) is 6.36. The van der Waals surface area contributed by atoms with E-state index in [0.717, 1.165) is 5.56 Å². The first kappa shape index (κ1) is 16.7. The highest BCUT2D eigenvalue weighted by atomic mass is 19.1. The number of carbonyl (C=O) groups is 1. The van der Waals surface area contributed by atoms with Crippen molar-refractivity contribution in [2.45, 2.75) is 32.4 Å². The highest BCUT2D eigenvalue weighted by Gasteiger charge is 2.39. The van der Waals surface area contributed by atoms with Crippen LogP contribution in [0.15, 0.2) is 48.5 Å². The Balaban J connectivity index is 1.91. The van der Waals surface area contributed by atoms with Gasteiger partial charge in [0.05, 0.1) is 18.7 Å². The molecular weight excluding hydrogens is 305 g/mol. The molecule has 0 aromatic heterocycles. The van der Waals surface area contributed by atoms with E-state index >= 15 is 0 Å². The maximum absolute atomic E-state index is 14.1. The van der Waals surface area contributed by atoms with Crippen molar-refractivity contribution in [2.75, 3.05) is 13.2 Å². The molecule has 1 atom stereocenters. The molecule has 1 amide bonds. The summed E-state index contributed by atoms with van der Waals surface area (Å²) in [4.78, 5) is 14.9. The molecule has 0 bridgehead atoms. The van der Waals surface area contributed by atoms with Crippen LogP contribution in [0.3, 0.4) is 0 Å². The van der Waals surface area contributed by atoms with Crippen LogP contribution in [0, 0.1) is 12.7 Å². The van der Waals surface area contributed by atoms with Gasteiger partial charge in [-0.15, -0.1) is 0 Å². The Morgan fingerprint density at radius 2 is 1.83 bits per heavy atom. The summed E-state index contributed by atoms with van der Waals surface area (Å²) < 4.78 is 20.0. The third-order valence-electron chi connectivity index (χ3n) is 4.59. The van der Waals surface area contributed by atoms with Crippen molar-refractivity contribution < 1.29 is 13.9 Å². The van der Waals surface area contributed by atoms with Crippen molar-refractivity contribution in [3.05, 3.63) is 71.0 Å². The zero-order chi connectivity index (χ0) is 17.3. The number of hydrogen-bond donors (Lipinski definition) is 0. The molecule has 1 fully saturated rings. The SMILES string of the molecule is Cc1ccccc1C(=O)N1CC(c2ccccc2F)OCC1(C)C. The van der Waals surface area contributed by atoms with E-state index in [9.17, 15) is 9.18 Å². The number of rotatable bonds is 2. The van der Waals surface area contributed by atoms with Crippen molar-refractivity contribution >= 4 is 5.91 Å². The molecule has 0 radical (unpaired) electrons. The van der Waals surface area contributed by atoms with E-state index in [1.165, 1.54) is 6.07 Å². The lowest BCUT2D eigenvalue weighted by Gasteiger charge is -2.45. The van der Waals surface area contributed by atoms with Crippen molar-refractivity contribution in [3.8, 4) is 0 Å². The number of benzene rings is 2. The molecule has 1 aliphatic rings. The number of aryl methyl sites for hydroxylation is 1. The Morgan fingerprint density at radius 3 is 2.54 bits per heavy atom. The molecule has 2 aromatic rings. The van der Waals surface area contributed by atoms with Crippen molar-refractivity contribution in [1.82, 2.24) is 4.90 Å². The highest BCUT2D eigenvalue weighted by molar-refractivity contribution is 5.96. The van der Waals surface area contributed by atoms with Gasteiger partial charge in [-0.05, 0) is 38.5 Å². The number of carbonyl (C=O) groups excluding carboxylic acids is 1. The van der Waals surface area contributed by atoms with Gasteiger partial charge in [-0.1, -0.05) is 36.4 Å². The molecule has 126 valence electrons. The smallest absolute Gasteiger partial charge is 0.254 e. The topological polar surface area (TPSA) is 29.5 Å². The largest absolute Gasteiger partial charge is 0.369 e. The molecule has 1 unspecified atom stereocenters. The van der Waals surface area contributed by atoms with Crippen molar-refractivity contribution in [3.63, 3.8) is 0 Å². The van der Waals surface area contributed by atoms with Gasteiger partial charge in [0.25, 0.3) is 5.91 Å². The van der Waals surface area contributed by atoms with Crippen LogP contribution >= 0.6 is 0 Å². The molecule has 1 heterocycles. The number of morpholine rings is 1. The van der Waals surface area contributed by atoms with Crippen LogP contribution in [0.4, 0.5) is 4.39 Å². The van der Waals surface area contributed by atoms with E-state index in [1.807, 2.05) is 45.0 Å². The Labute approximate surface area is 142 Å². The zero-order valence-electron chi connectivity index (χ0n) is 14.3. The summed E-state index contributed by atoms with van der Waals surface area (Å²) in [6.07, 6.45) is -0.452. The molecule has 1 aliphatic heterocycles. The molecular formula is C20H22FNO2. The average molecular weight is 327 g/mol. The van der Waals surface area contributed by atoms with Crippen LogP contribution in [-0.4, -0.2) is 29.5 Å². The molecule has 1 saturated heterocycles. The molecule has 24 heavy (non-hydrogen) atoms. The Bertz CT molecular complexity index is 757. The summed E-state index contributed by atoms with van der Waals surface area (Å²) in [6, 6.07) is 14.1. The van der Waals surface area contributed by atoms with Gasteiger partial charge in [-0.2, -0.15) is 0 Å². The summed E-state index contributed by atoms with van der Waals surface area (Å²) in [7, 11) is 0. The summed E-state index contributed by atoms with van der Waals surface area (Å²) in [5.41, 5.74) is 1.67. The molecule has 3 rings (SSSR count). The maximum Gasteiger partial charge on any atom is 0.254 e. The average Bonchev–Trinajstić information content (AvgIpc) is 2.55. The molecule has 4 heteroatoms. The lowest BCUT2D eigenvalue weighted by molar-refractivity contribution is -0.0857. The predicted molar refractivity (Wildman–Crippen MR) is 91.4 cm³/mol. The van der Waals surface area contributed by atoms with Crippen molar-refractivity contribution in [1.29, 1.82) is 0 Å². The minimum atomic E-state index is -0.452. The summed E-state index contributed by atoms with van der Waals surface area (Å²) >= 11 is 0. The van der Waals surface area contributed by atoms with Gasteiger partial charge in [-0.3, -0.25) is 4.79 Å². The lowest BCUT2D eigenvalue weighted by atomic mass is 9.96. The second-order valence-electron chi connectivity index (χ2n) is 6.86. The van der Waals surface area contributed by atoms with Crippen LogP contribution < -0.4 is 0 Å². The van der Waals surface area contributed by atoms with Crippen LogP contribution in [0.2, 0.25) is 0 Å². The number of ether oxygens (including phenoxy) is 1. The van der Waals surface area contributed by atoms with E-state index in [-0.39, 0.29) is 11.7 Å². The standard InChI is InChI=1S/C20H22FNO2/c1-14-8-4-5-9-15(14)19(23)22-12-18(24-13-20(22,2)3)16-10-6-7-11-17(16)21/h4-11,18H,12-13H2,1-3H3. The fraction of sp³-hybridized carbons (Fsp3) is 0.350. The van der Waals surface area contributed by atoms with Gasteiger partial charge < -0.3 is 9.64 Å². The number of hydrogen-bond acceptors (Lipinski definition) is 2. The summed E-state index contributed by atoms with van der Waals surface area (Å²) in [5, 5.41) is 0. The Kier molecular flexibility index (Phi) is 4.41. The number of nitrogens with zero attached hydrogens (tertiary/aromatic N) is 1. The minimum Gasteiger partial charge on any atom is -0.369 e. The van der Waals surface area contributed by atoms with E-state index < -0.39 is 11.6 Å². The monoisotopic (exact) mass is 327 g/mol. The van der Waals surface area contributed by atoms with Crippen LogP contribution in [-0.2, 0) is 4.74 Å². The minimum absolute atomic E-state index is 0.0391. The van der Waals surface area contributed by atoms with Crippen molar-refractivity contribution in [2.24, 2.45) is 0 Å². The van der Waals surface area contributed by atoms with E-state index in [0.29, 0.717) is 24.3 Å². The number of amides is 1. The molecule has 0 N–H and O–H groups in total. The Hall–Kier alpha value is -2.20. The first-order valence-electron chi connectivity index (χ1n) is 8.14. The van der Waals surface area contributed by atoms with Gasteiger partial charge in [-0.25, -0.2) is 4.39 Å². The molecule has 3 nitrogen and oxygen atoms in total. The Morgan fingerprint density at radius 1 is 1.17 bits per heavy atom. The predicted octanol–water partition coefficient (Wildman–Crippen LogP) is 4.13. The van der Waals surface area contributed by atoms with E-state index in [4.69, 9.17) is 4.74 Å². The van der Waals surface area contributed by atoms with Crippen LogP contribution in [0.25, 0.3) is 0 Å². The molecule has 0 aliphatic carbocycles. The fourth-order valence-corrected chi connectivity index (χ4v) is 3.09. The van der Waals surface area contributed by atoms with E-state index in [1.54, 1.807) is 23.1 Å². The maximum atomic E-state index is 14.1. The third-order valence-corrected chi connectivity index (χ3v) is 4.59. The third kappa shape index (κ3) is 3.06. The first-order chi connectivity index (χ1) is 11.4. The second-order valence-corrected chi connectivity index (χ2v) is 6.86. The van der Waals surface area contributed by atoms with Crippen LogP contribution in [0.1, 0.15) is 41.4 Å². The number of halogens is 1. The molecule has 2 aromatic carbocycles. The van der Waals surface area contributed by atoms with Gasteiger partial charge in [0.1, 0.15) is 11.9 Å². The van der Waals surface area contributed by atoms with E-state index in [2.05, 4.69) is 0 Å². The van der Waals surface area contributed by atoms with Crippen LogP contribution in [0.5, 0.6) is 0 Å². The van der Waals surface area contributed by atoms with Gasteiger partial charge in [0.15, 0.2) is 0 Å². The first-order valence-corrected chi connectivity index (χ1v) is 8.14. The van der Waals surface area contributed by atoms with Gasteiger partial charge in [0.2, 0.25) is 0 Å². The quantitative estimate of drug-likeness (QED) is 0.830. The van der Waals surface area contributed by atoms with Gasteiger partial charge in [0, 0.05) is 11.1 Å². The fourth-order valence-electron chi connectivity index (χ4n) is 3.09. The lowest BCUT2D eigenvalue weighted by Crippen LogP contribution is -2.56. The summed E-state index contributed by atoms with van der Waals surface area (Å²) in [5.74, 6) is -0.340. The molecule has 0 spiro atoms. The normalized spacial score (nSPS) is 20.0. The molecule has 0 saturated carbocycles.